The first-order chi connectivity index (χ1) is 7.64. The van der Waals surface area contributed by atoms with Gasteiger partial charge in [0.05, 0.1) is 5.41 Å². The van der Waals surface area contributed by atoms with Crippen LogP contribution in [0.25, 0.3) is 0 Å². The van der Waals surface area contributed by atoms with Gasteiger partial charge in [0.25, 0.3) is 0 Å². The predicted molar refractivity (Wildman–Crippen MR) is 70.8 cm³/mol. The first-order valence-corrected chi connectivity index (χ1v) is 7.45. The van der Waals surface area contributed by atoms with Crippen molar-refractivity contribution in [1.29, 1.82) is 0 Å². The number of hydrogen-bond donors (Lipinski definition) is 2. The lowest BCUT2D eigenvalue weighted by molar-refractivity contribution is -0.132. The maximum absolute atomic E-state index is 12.2. The molecule has 16 heavy (non-hydrogen) atoms. The van der Waals surface area contributed by atoms with Gasteiger partial charge in [0.1, 0.15) is 0 Å². The highest BCUT2D eigenvalue weighted by atomic mass is 32.2. The number of carbonyl (C=O) groups excluding carboxylic acids is 1. The largest absolute Gasteiger partial charge is 0.355 e. The van der Waals surface area contributed by atoms with Crippen LogP contribution < -0.4 is 10.6 Å². The van der Waals surface area contributed by atoms with Gasteiger partial charge in [-0.1, -0.05) is 13.8 Å². The van der Waals surface area contributed by atoms with E-state index in [-0.39, 0.29) is 11.3 Å². The summed E-state index contributed by atoms with van der Waals surface area (Å²) in [4.78, 5) is 12.2. The van der Waals surface area contributed by atoms with Gasteiger partial charge in [-0.15, -0.1) is 0 Å². The summed E-state index contributed by atoms with van der Waals surface area (Å²) in [7, 11) is 0. The molecule has 1 fully saturated rings. The first-order valence-electron chi connectivity index (χ1n) is 6.16. The highest BCUT2D eigenvalue weighted by Crippen LogP contribution is 2.32. The normalized spacial score (nSPS) is 21.4. The Labute approximate surface area is 103 Å². The van der Waals surface area contributed by atoms with E-state index in [1.807, 2.05) is 0 Å². The molecule has 0 aliphatic carbocycles. The van der Waals surface area contributed by atoms with E-state index in [9.17, 15) is 4.79 Å². The fraction of sp³-hybridized carbons (Fsp3) is 0.917. The first kappa shape index (κ1) is 13.8. The lowest BCUT2D eigenvalue weighted by atomic mass is 9.76. The molecule has 0 aromatic heterocycles. The number of piperidine rings is 1. The molecule has 1 amide bonds. The van der Waals surface area contributed by atoms with E-state index < -0.39 is 0 Å². The Balaban J connectivity index is 2.48. The molecule has 1 heterocycles. The summed E-state index contributed by atoms with van der Waals surface area (Å²) in [5, 5.41) is 6.93. The van der Waals surface area contributed by atoms with Crippen LogP contribution in [0.1, 0.15) is 33.1 Å². The molecule has 3 nitrogen and oxygen atoms in total. The Morgan fingerprint density at radius 3 is 2.62 bits per heavy atom. The SMILES string of the molecule is CCC1(C(=O)NCC(C)SC)CCNCC1. The van der Waals surface area contributed by atoms with Crippen molar-refractivity contribution in [3.05, 3.63) is 0 Å². The Bertz CT molecular complexity index is 227. The average molecular weight is 244 g/mol. The van der Waals surface area contributed by atoms with Gasteiger partial charge in [-0.2, -0.15) is 11.8 Å². The third-order valence-corrected chi connectivity index (χ3v) is 4.64. The topological polar surface area (TPSA) is 41.1 Å². The van der Waals surface area contributed by atoms with Crippen LogP contribution in [-0.2, 0) is 4.79 Å². The van der Waals surface area contributed by atoms with Gasteiger partial charge < -0.3 is 10.6 Å². The summed E-state index contributed by atoms with van der Waals surface area (Å²) < 4.78 is 0. The van der Waals surface area contributed by atoms with Crippen LogP contribution in [0, 0.1) is 5.41 Å². The standard InChI is InChI=1S/C12H24N2OS/c1-4-12(5-7-13-8-6-12)11(15)14-9-10(2)16-3/h10,13H,4-9H2,1-3H3,(H,14,15). The summed E-state index contributed by atoms with van der Waals surface area (Å²) in [6.07, 6.45) is 4.98. The van der Waals surface area contributed by atoms with Crippen molar-refractivity contribution in [3.63, 3.8) is 0 Å². The molecule has 1 unspecified atom stereocenters. The van der Waals surface area contributed by atoms with E-state index in [1.165, 1.54) is 0 Å². The number of carbonyl (C=O) groups is 1. The van der Waals surface area contributed by atoms with Gasteiger partial charge in [0.2, 0.25) is 5.91 Å². The predicted octanol–water partition coefficient (Wildman–Crippen LogP) is 1.63. The minimum atomic E-state index is -0.108. The number of nitrogens with one attached hydrogen (secondary N) is 2. The second kappa shape index (κ2) is 6.50. The highest BCUT2D eigenvalue weighted by molar-refractivity contribution is 7.99. The Morgan fingerprint density at radius 1 is 1.50 bits per heavy atom. The van der Waals surface area contributed by atoms with E-state index in [0.717, 1.165) is 38.9 Å². The summed E-state index contributed by atoms with van der Waals surface area (Å²) in [5.41, 5.74) is -0.108. The summed E-state index contributed by atoms with van der Waals surface area (Å²) in [6, 6.07) is 0. The van der Waals surface area contributed by atoms with E-state index in [0.29, 0.717) is 5.25 Å². The Kier molecular flexibility index (Phi) is 5.62. The van der Waals surface area contributed by atoms with Crippen molar-refractivity contribution >= 4 is 17.7 Å². The van der Waals surface area contributed by atoms with Crippen LogP contribution in [0.15, 0.2) is 0 Å². The van der Waals surface area contributed by atoms with Crippen LogP contribution in [0.4, 0.5) is 0 Å². The molecule has 0 aromatic rings. The molecule has 0 aromatic carbocycles. The second-order valence-corrected chi connectivity index (χ2v) is 5.92. The number of hydrogen-bond acceptors (Lipinski definition) is 3. The molecule has 1 atom stereocenters. The molecule has 2 N–H and O–H groups in total. The van der Waals surface area contributed by atoms with Crippen LogP contribution in [0.2, 0.25) is 0 Å². The number of rotatable bonds is 5. The van der Waals surface area contributed by atoms with Crippen LogP contribution >= 0.6 is 11.8 Å². The highest BCUT2D eigenvalue weighted by Gasteiger charge is 2.37. The zero-order chi connectivity index (χ0) is 12.0. The molecular formula is C12H24N2OS. The fourth-order valence-corrected chi connectivity index (χ4v) is 2.40. The van der Waals surface area contributed by atoms with Crippen molar-refractivity contribution in [1.82, 2.24) is 10.6 Å². The van der Waals surface area contributed by atoms with Gasteiger partial charge in [-0.05, 0) is 38.6 Å². The third-order valence-electron chi connectivity index (χ3n) is 3.67. The zero-order valence-electron chi connectivity index (χ0n) is 10.6. The lowest BCUT2D eigenvalue weighted by Gasteiger charge is -2.35. The molecule has 0 saturated carbocycles. The number of amides is 1. The fourth-order valence-electron chi connectivity index (χ4n) is 2.15. The summed E-state index contributed by atoms with van der Waals surface area (Å²) in [5.74, 6) is 0.261. The Morgan fingerprint density at radius 2 is 2.12 bits per heavy atom. The van der Waals surface area contributed by atoms with Gasteiger partial charge >= 0.3 is 0 Å². The van der Waals surface area contributed by atoms with Crippen molar-refractivity contribution < 1.29 is 4.79 Å². The number of thioether (sulfide) groups is 1. The van der Waals surface area contributed by atoms with E-state index in [1.54, 1.807) is 11.8 Å². The molecule has 1 saturated heterocycles. The van der Waals surface area contributed by atoms with Gasteiger partial charge in [-0.3, -0.25) is 4.79 Å². The Hall–Kier alpha value is -0.220. The van der Waals surface area contributed by atoms with Crippen molar-refractivity contribution in [2.45, 2.75) is 38.4 Å². The van der Waals surface area contributed by atoms with E-state index in [2.05, 4.69) is 30.7 Å². The molecule has 0 spiro atoms. The zero-order valence-corrected chi connectivity index (χ0v) is 11.5. The van der Waals surface area contributed by atoms with Crippen LogP contribution in [-0.4, -0.2) is 37.0 Å². The van der Waals surface area contributed by atoms with Crippen molar-refractivity contribution in [2.75, 3.05) is 25.9 Å². The molecule has 1 rings (SSSR count). The van der Waals surface area contributed by atoms with Crippen LogP contribution in [0.3, 0.4) is 0 Å². The quantitative estimate of drug-likeness (QED) is 0.772. The monoisotopic (exact) mass is 244 g/mol. The van der Waals surface area contributed by atoms with Crippen molar-refractivity contribution in [3.8, 4) is 0 Å². The molecule has 1 aliphatic rings. The summed E-state index contributed by atoms with van der Waals surface area (Å²) >= 11 is 1.79. The van der Waals surface area contributed by atoms with Crippen molar-refractivity contribution in [2.24, 2.45) is 5.41 Å². The molecule has 94 valence electrons. The van der Waals surface area contributed by atoms with Gasteiger partial charge in [-0.25, -0.2) is 0 Å². The maximum atomic E-state index is 12.2. The third kappa shape index (κ3) is 3.39. The van der Waals surface area contributed by atoms with E-state index >= 15 is 0 Å². The van der Waals surface area contributed by atoms with Crippen LogP contribution in [0.5, 0.6) is 0 Å². The average Bonchev–Trinajstić information content (AvgIpc) is 2.36. The molecule has 4 heteroatoms. The minimum absolute atomic E-state index is 0.108. The molecular weight excluding hydrogens is 220 g/mol. The minimum Gasteiger partial charge on any atom is -0.355 e. The van der Waals surface area contributed by atoms with Gasteiger partial charge in [0, 0.05) is 11.8 Å². The van der Waals surface area contributed by atoms with E-state index in [4.69, 9.17) is 0 Å². The molecule has 0 bridgehead atoms. The molecule has 0 radical (unpaired) electrons. The van der Waals surface area contributed by atoms with Gasteiger partial charge in [0.15, 0.2) is 0 Å². The molecule has 1 aliphatic heterocycles. The smallest absolute Gasteiger partial charge is 0.226 e. The lowest BCUT2D eigenvalue weighted by Crippen LogP contribution is -2.48. The maximum Gasteiger partial charge on any atom is 0.226 e. The second-order valence-electron chi connectivity index (χ2n) is 4.64. The summed E-state index contributed by atoms with van der Waals surface area (Å²) in [6.45, 7) is 7.00.